The third kappa shape index (κ3) is 4.24. The second kappa shape index (κ2) is 5.01. The van der Waals surface area contributed by atoms with Crippen LogP contribution in [0, 0.1) is 6.92 Å². The lowest BCUT2D eigenvalue weighted by Crippen LogP contribution is -2.38. The maximum absolute atomic E-state index is 11.7. The third-order valence-corrected chi connectivity index (χ3v) is 3.60. The van der Waals surface area contributed by atoms with Crippen molar-refractivity contribution in [3.05, 3.63) is 35.4 Å². The highest BCUT2D eigenvalue weighted by molar-refractivity contribution is 7.90. The van der Waals surface area contributed by atoms with Gasteiger partial charge in [0.1, 0.15) is 4.75 Å². The fourth-order valence-corrected chi connectivity index (χ4v) is 1.80. The smallest absolute Gasteiger partial charge is 0.136 e. The number of hydrogen-bond donors (Lipinski definition) is 1. The van der Waals surface area contributed by atoms with Gasteiger partial charge in [0, 0.05) is 11.4 Å². The van der Waals surface area contributed by atoms with Crippen LogP contribution in [0.3, 0.4) is 0 Å². The maximum Gasteiger partial charge on any atom is 0.136 e. The summed E-state index contributed by atoms with van der Waals surface area (Å²) in [6.07, 6.45) is 0. The minimum Gasteiger partial charge on any atom is -0.598 e. The van der Waals surface area contributed by atoms with Gasteiger partial charge in [-0.25, -0.2) is 0 Å². The first-order chi connectivity index (χ1) is 6.89. The van der Waals surface area contributed by atoms with E-state index in [1.165, 1.54) is 11.1 Å². The molecule has 0 saturated heterocycles. The van der Waals surface area contributed by atoms with Crippen LogP contribution in [0.2, 0.25) is 0 Å². The van der Waals surface area contributed by atoms with Crippen molar-refractivity contribution in [2.45, 2.75) is 39.0 Å². The standard InChI is InChI=1S/C12H19NOS/c1-10-5-7-11(8-6-10)9-13-15(14)12(2,3)4/h5-8,13H,9H2,1-4H3. The number of aryl methyl sites for hydroxylation is 1. The Morgan fingerprint density at radius 1 is 1.20 bits per heavy atom. The normalized spacial score (nSPS) is 13.9. The number of hydrogen-bond acceptors (Lipinski definition) is 2. The quantitative estimate of drug-likeness (QED) is 0.802. The van der Waals surface area contributed by atoms with Crippen LogP contribution in [-0.2, 0) is 17.9 Å². The van der Waals surface area contributed by atoms with Crippen molar-refractivity contribution in [1.82, 2.24) is 4.72 Å². The average Bonchev–Trinajstić information content (AvgIpc) is 2.15. The van der Waals surface area contributed by atoms with E-state index in [-0.39, 0.29) is 4.75 Å². The van der Waals surface area contributed by atoms with E-state index in [0.717, 1.165) is 0 Å². The van der Waals surface area contributed by atoms with Gasteiger partial charge >= 0.3 is 0 Å². The highest BCUT2D eigenvalue weighted by Crippen LogP contribution is 2.13. The third-order valence-electron chi connectivity index (χ3n) is 2.08. The molecule has 0 saturated carbocycles. The molecule has 0 amide bonds. The molecule has 0 radical (unpaired) electrons. The second-order valence-corrected chi connectivity index (χ2v) is 6.74. The van der Waals surface area contributed by atoms with Gasteiger partial charge in [0.25, 0.3) is 0 Å². The lowest BCUT2D eigenvalue weighted by molar-refractivity contribution is 0.544. The highest BCUT2D eigenvalue weighted by Gasteiger charge is 2.25. The van der Waals surface area contributed by atoms with Crippen LogP contribution in [-0.4, -0.2) is 9.30 Å². The van der Waals surface area contributed by atoms with Gasteiger partial charge in [-0.2, -0.15) is 0 Å². The zero-order valence-electron chi connectivity index (χ0n) is 9.83. The van der Waals surface area contributed by atoms with Gasteiger partial charge in [-0.1, -0.05) is 29.8 Å². The molecule has 3 heteroatoms. The fourth-order valence-electron chi connectivity index (χ4n) is 1.07. The SMILES string of the molecule is Cc1ccc(CN[S+]([O-])C(C)(C)C)cc1. The van der Waals surface area contributed by atoms with Crippen LogP contribution in [0.25, 0.3) is 0 Å². The lowest BCUT2D eigenvalue weighted by atomic mass is 10.2. The summed E-state index contributed by atoms with van der Waals surface area (Å²) in [6, 6.07) is 8.25. The van der Waals surface area contributed by atoms with Crippen molar-refractivity contribution < 1.29 is 4.55 Å². The summed E-state index contributed by atoms with van der Waals surface area (Å²) in [5.74, 6) is 0. The Bertz CT molecular complexity index is 302. The van der Waals surface area contributed by atoms with Crippen molar-refractivity contribution in [3.63, 3.8) is 0 Å². The summed E-state index contributed by atoms with van der Waals surface area (Å²) >= 11 is -0.993. The van der Waals surface area contributed by atoms with E-state index in [9.17, 15) is 4.55 Å². The van der Waals surface area contributed by atoms with E-state index in [2.05, 4.69) is 35.9 Å². The molecule has 0 aliphatic carbocycles. The largest absolute Gasteiger partial charge is 0.598 e. The molecule has 1 N–H and O–H groups in total. The summed E-state index contributed by atoms with van der Waals surface area (Å²) in [7, 11) is 0. The van der Waals surface area contributed by atoms with E-state index in [0.29, 0.717) is 6.54 Å². The Hall–Kier alpha value is -0.510. The van der Waals surface area contributed by atoms with Crippen LogP contribution >= 0.6 is 0 Å². The lowest BCUT2D eigenvalue weighted by Gasteiger charge is -2.23. The van der Waals surface area contributed by atoms with Gasteiger partial charge in [-0.15, -0.1) is 4.72 Å². The molecule has 1 aromatic rings. The molecule has 0 bridgehead atoms. The molecule has 1 unspecified atom stereocenters. The van der Waals surface area contributed by atoms with Gasteiger partial charge in [-0.3, -0.25) is 0 Å². The Balaban J connectivity index is 2.47. The summed E-state index contributed by atoms with van der Waals surface area (Å²) in [5.41, 5.74) is 2.41. The highest BCUT2D eigenvalue weighted by atomic mass is 32.2. The van der Waals surface area contributed by atoms with Crippen molar-refractivity contribution in [2.24, 2.45) is 0 Å². The molecule has 1 atom stereocenters. The van der Waals surface area contributed by atoms with Gasteiger partial charge in [0.2, 0.25) is 0 Å². The molecule has 0 aliphatic rings. The average molecular weight is 225 g/mol. The molecule has 84 valence electrons. The molecule has 0 aliphatic heterocycles. The Labute approximate surface area is 95.4 Å². The van der Waals surface area contributed by atoms with Crippen molar-refractivity contribution in [1.29, 1.82) is 0 Å². The first kappa shape index (κ1) is 12.6. The molecule has 0 aromatic heterocycles. The van der Waals surface area contributed by atoms with Gasteiger partial charge in [-0.05, 0) is 33.3 Å². The van der Waals surface area contributed by atoms with Crippen LogP contribution < -0.4 is 4.72 Å². The minimum absolute atomic E-state index is 0.204. The maximum atomic E-state index is 11.7. The van der Waals surface area contributed by atoms with Crippen LogP contribution in [0.5, 0.6) is 0 Å². The van der Waals surface area contributed by atoms with Crippen molar-refractivity contribution >= 4 is 11.4 Å². The number of rotatable bonds is 3. The van der Waals surface area contributed by atoms with Crippen LogP contribution in [0.4, 0.5) is 0 Å². The van der Waals surface area contributed by atoms with E-state index in [4.69, 9.17) is 0 Å². The summed E-state index contributed by atoms with van der Waals surface area (Å²) in [4.78, 5) is 0. The minimum atomic E-state index is -0.993. The molecule has 1 rings (SSSR count). The van der Waals surface area contributed by atoms with Gasteiger partial charge in [0.05, 0.1) is 6.54 Å². The number of nitrogens with one attached hydrogen (secondary N) is 1. The summed E-state index contributed by atoms with van der Waals surface area (Å²) in [6.45, 7) is 8.61. The van der Waals surface area contributed by atoms with Crippen molar-refractivity contribution in [3.8, 4) is 0 Å². The van der Waals surface area contributed by atoms with E-state index in [1.54, 1.807) is 0 Å². The Kier molecular flexibility index (Phi) is 4.20. The molecular formula is C12H19NOS. The first-order valence-electron chi connectivity index (χ1n) is 5.10. The topological polar surface area (TPSA) is 35.1 Å². The van der Waals surface area contributed by atoms with Crippen molar-refractivity contribution in [2.75, 3.05) is 0 Å². The van der Waals surface area contributed by atoms with Crippen LogP contribution in [0.1, 0.15) is 31.9 Å². The summed E-state index contributed by atoms with van der Waals surface area (Å²) in [5, 5.41) is 0. The zero-order valence-corrected chi connectivity index (χ0v) is 10.6. The second-order valence-electron chi connectivity index (χ2n) is 4.69. The predicted molar refractivity (Wildman–Crippen MR) is 65.9 cm³/mol. The first-order valence-corrected chi connectivity index (χ1v) is 6.25. The zero-order chi connectivity index (χ0) is 11.5. The molecule has 1 aromatic carbocycles. The Morgan fingerprint density at radius 3 is 2.20 bits per heavy atom. The summed E-state index contributed by atoms with van der Waals surface area (Å²) < 4.78 is 14.5. The molecule has 0 heterocycles. The van der Waals surface area contributed by atoms with E-state index in [1.807, 2.05) is 20.8 Å². The monoisotopic (exact) mass is 225 g/mol. The van der Waals surface area contributed by atoms with E-state index < -0.39 is 11.4 Å². The molecular weight excluding hydrogens is 206 g/mol. The molecule has 2 nitrogen and oxygen atoms in total. The molecule has 0 spiro atoms. The van der Waals surface area contributed by atoms with E-state index >= 15 is 0 Å². The van der Waals surface area contributed by atoms with Gasteiger partial charge in [0.15, 0.2) is 0 Å². The predicted octanol–water partition coefficient (Wildman–Crippen LogP) is 2.55. The van der Waals surface area contributed by atoms with Gasteiger partial charge < -0.3 is 4.55 Å². The van der Waals surface area contributed by atoms with Crippen LogP contribution in [0.15, 0.2) is 24.3 Å². The molecule has 0 fully saturated rings. The number of benzene rings is 1. The fraction of sp³-hybridized carbons (Fsp3) is 0.500. The Morgan fingerprint density at radius 2 is 1.73 bits per heavy atom. The molecule has 15 heavy (non-hydrogen) atoms.